The molecule has 2 aromatic rings. The van der Waals surface area contributed by atoms with E-state index >= 15 is 0 Å². The molecule has 0 N–H and O–H groups in total. The number of carbonyl (C=O) groups is 1. The Morgan fingerprint density at radius 3 is 2.71 bits per heavy atom. The number of Topliss-reactive ketones (excluding diaryl/α,β-unsaturated/α-hetero) is 1. The van der Waals surface area contributed by atoms with Gasteiger partial charge >= 0.3 is 0 Å². The van der Waals surface area contributed by atoms with Crippen molar-refractivity contribution < 1.29 is 28.5 Å². The first-order valence-electron chi connectivity index (χ1n) is 7.56. The largest absolute Gasteiger partial charge is 0.496 e. The summed E-state index contributed by atoms with van der Waals surface area (Å²) in [7, 11) is 3.09. The molecule has 24 heavy (non-hydrogen) atoms. The topological polar surface area (TPSA) is 63.2 Å². The summed E-state index contributed by atoms with van der Waals surface area (Å²) in [5.74, 6) is 2.38. The van der Waals surface area contributed by atoms with Gasteiger partial charge in [-0.25, -0.2) is 0 Å². The minimum Gasteiger partial charge on any atom is -0.496 e. The van der Waals surface area contributed by atoms with Crippen LogP contribution in [0.3, 0.4) is 0 Å². The van der Waals surface area contributed by atoms with Crippen LogP contribution in [0.25, 0.3) is 0 Å². The second-order valence-electron chi connectivity index (χ2n) is 5.49. The van der Waals surface area contributed by atoms with Crippen LogP contribution in [0.5, 0.6) is 28.7 Å². The van der Waals surface area contributed by atoms with E-state index in [4.69, 9.17) is 23.7 Å². The molecule has 0 saturated heterocycles. The molecule has 4 rings (SSSR count). The number of hydrogen-bond donors (Lipinski definition) is 0. The molecular weight excluding hydrogens is 312 g/mol. The van der Waals surface area contributed by atoms with Gasteiger partial charge < -0.3 is 23.7 Å². The van der Waals surface area contributed by atoms with Gasteiger partial charge in [0.2, 0.25) is 12.5 Å². The third kappa shape index (κ3) is 2.14. The van der Waals surface area contributed by atoms with Crippen LogP contribution in [0, 0.1) is 0 Å². The summed E-state index contributed by atoms with van der Waals surface area (Å²) in [5, 5.41) is 0. The molecule has 0 saturated carbocycles. The van der Waals surface area contributed by atoms with Gasteiger partial charge in [0.15, 0.2) is 17.3 Å². The minimum absolute atomic E-state index is 0.0673. The van der Waals surface area contributed by atoms with Gasteiger partial charge in [0.05, 0.1) is 20.6 Å². The van der Waals surface area contributed by atoms with Crippen LogP contribution in [-0.4, -0.2) is 26.8 Å². The van der Waals surface area contributed by atoms with E-state index in [2.05, 4.69) is 0 Å². The number of rotatable bonds is 3. The van der Waals surface area contributed by atoms with E-state index in [1.807, 2.05) is 24.3 Å². The maximum absolute atomic E-state index is 12.8. The predicted octanol–water partition coefficient (Wildman–Crippen LogP) is 3.14. The summed E-state index contributed by atoms with van der Waals surface area (Å²) in [6.07, 6.45) is -0.227. The third-order valence-corrected chi connectivity index (χ3v) is 4.19. The lowest BCUT2D eigenvalue weighted by molar-refractivity contribution is 0.0841. The van der Waals surface area contributed by atoms with Gasteiger partial charge in [-0.15, -0.1) is 0 Å². The van der Waals surface area contributed by atoms with Gasteiger partial charge in [0.1, 0.15) is 23.2 Å². The highest BCUT2D eigenvalue weighted by Crippen LogP contribution is 2.51. The van der Waals surface area contributed by atoms with Gasteiger partial charge in [-0.1, -0.05) is 18.2 Å². The fourth-order valence-electron chi connectivity index (χ4n) is 3.11. The zero-order valence-electron chi connectivity index (χ0n) is 13.3. The average Bonchev–Trinajstić information content (AvgIpc) is 3.07. The number of carbonyl (C=O) groups excluding carboxylic acids is 1. The normalized spacial score (nSPS) is 17.9. The number of hydrogen-bond acceptors (Lipinski definition) is 6. The van der Waals surface area contributed by atoms with Crippen molar-refractivity contribution in [2.75, 3.05) is 21.0 Å². The monoisotopic (exact) mass is 328 g/mol. The van der Waals surface area contributed by atoms with Gasteiger partial charge in [0.25, 0.3) is 0 Å². The molecule has 0 fully saturated rings. The minimum atomic E-state index is -0.425. The number of fused-ring (bicyclic) bond motifs is 2. The lowest BCUT2D eigenvalue weighted by atomic mass is 9.94. The van der Waals surface area contributed by atoms with E-state index in [9.17, 15) is 4.79 Å². The highest BCUT2D eigenvalue weighted by Gasteiger charge is 2.36. The second kappa shape index (κ2) is 5.63. The molecule has 0 aromatic heterocycles. The number of methoxy groups -OCH3 is 2. The van der Waals surface area contributed by atoms with Crippen molar-refractivity contribution in [3.63, 3.8) is 0 Å². The van der Waals surface area contributed by atoms with Crippen molar-refractivity contribution in [2.45, 2.75) is 12.5 Å². The smallest absolute Gasteiger partial charge is 0.231 e. The Labute approximate surface area is 138 Å². The highest BCUT2D eigenvalue weighted by molar-refractivity contribution is 6.04. The highest BCUT2D eigenvalue weighted by atomic mass is 16.7. The maximum Gasteiger partial charge on any atom is 0.231 e. The first-order valence-corrected chi connectivity index (χ1v) is 7.56. The van der Waals surface area contributed by atoms with Gasteiger partial charge in [-0.3, -0.25) is 4.79 Å². The molecule has 1 unspecified atom stereocenters. The quantitative estimate of drug-likeness (QED) is 0.862. The summed E-state index contributed by atoms with van der Waals surface area (Å²) in [5.41, 5.74) is 1.23. The summed E-state index contributed by atoms with van der Waals surface area (Å²) in [6, 6.07) is 9.19. The molecule has 1 atom stereocenters. The summed E-state index contributed by atoms with van der Waals surface area (Å²) < 4.78 is 27.7. The Kier molecular flexibility index (Phi) is 3.45. The zero-order chi connectivity index (χ0) is 16.7. The van der Waals surface area contributed by atoms with Crippen molar-refractivity contribution >= 4 is 5.78 Å². The standard InChI is InChI=1S/C18H16O6/c1-20-12-6-4-3-5-10(12)13-7-11(19)16-14(24-13)8-15-17(18(16)21-2)23-9-22-15/h3-6,8,13H,7,9H2,1-2H3. The van der Waals surface area contributed by atoms with Crippen LogP contribution < -0.4 is 23.7 Å². The van der Waals surface area contributed by atoms with Gasteiger partial charge in [-0.2, -0.15) is 0 Å². The molecule has 0 radical (unpaired) electrons. The van der Waals surface area contributed by atoms with E-state index in [1.54, 1.807) is 13.2 Å². The van der Waals surface area contributed by atoms with E-state index in [0.29, 0.717) is 34.3 Å². The Morgan fingerprint density at radius 1 is 1.08 bits per heavy atom. The molecule has 2 aromatic carbocycles. The third-order valence-electron chi connectivity index (χ3n) is 4.19. The lowest BCUT2D eigenvalue weighted by Crippen LogP contribution is -2.21. The summed E-state index contributed by atoms with van der Waals surface area (Å²) in [4.78, 5) is 12.8. The molecule has 0 amide bonds. The fraction of sp³-hybridized carbons (Fsp3) is 0.278. The molecule has 2 aliphatic heterocycles. The van der Waals surface area contributed by atoms with Crippen LogP contribution in [0.1, 0.15) is 28.4 Å². The van der Waals surface area contributed by atoms with Crippen LogP contribution in [0.4, 0.5) is 0 Å². The number of para-hydroxylation sites is 1. The molecule has 0 bridgehead atoms. The summed E-state index contributed by atoms with van der Waals surface area (Å²) in [6.45, 7) is 0.0959. The van der Waals surface area contributed by atoms with Crippen LogP contribution in [0.15, 0.2) is 30.3 Å². The molecular formula is C18H16O6. The molecule has 6 nitrogen and oxygen atoms in total. The van der Waals surface area contributed by atoms with E-state index < -0.39 is 6.10 Å². The fourth-order valence-corrected chi connectivity index (χ4v) is 3.11. The van der Waals surface area contributed by atoms with Crippen molar-refractivity contribution in [1.29, 1.82) is 0 Å². The van der Waals surface area contributed by atoms with E-state index in [0.717, 1.165) is 5.56 Å². The van der Waals surface area contributed by atoms with E-state index in [1.165, 1.54) is 7.11 Å². The van der Waals surface area contributed by atoms with Crippen LogP contribution in [-0.2, 0) is 0 Å². The second-order valence-corrected chi connectivity index (χ2v) is 5.49. The molecule has 2 heterocycles. The molecule has 2 aliphatic rings. The van der Waals surface area contributed by atoms with Crippen LogP contribution >= 0.6 is 0 Å². The molecule has 0 aliphatic carbocycles. The zero-order valence-corrected chi connectivity index (χ0v) is 13.3. The predicted molar refractivity (Wildman–Crippen MR) is 84.4 cm³/mol. The number of ether oxygens (including phenoxy) is 5. The van der Waals surface area contributed by atoms with Gasteiger partial charge in [-0.05, 0) is 6.07 Å². The van der Waals surface area contributed by atoms with E-state index in [-0.39, 0.29) is 19.0 Å². The molecule has 0 spiro atoms. The maximum atomic E-state index is 12.8. The Bertz CT molecular complexity index is 813. The molecule has 124 valence electrons. The Morgan fingerprint density at radius 2 is 1.92 bits per heavy atom. The molecule has 6 heteroatoms. The summed E-state index contributed by atoms with van der Waals surface area (Å²) >= 11 is 0. The first kappa shape index (κ1) is 14.7. The average molecular weight is 328 g/mol. The first-order chi connectivity index (χ1) is 11.7. The van der Waals surface area contributed by atoms with Crippen molar-refractivity contribution in [3.8, 4) is 28.7 Å². The SMILES string of the molecule is COc1ccccc1C1CC(=O)c2c(cc3c(c2OC)OCO3)O1. The number of benzene rings is 2. The lowest BCUT2D eigenvalue weighted by Gasteiger charge is -2.27. The van der Waals surface area contributed by atoms with Crippen molar-refractivity contribution in [3.05, 3.63) is 41.5 Å². The van der Waals surface area contributed by atoms with Crippen molar-refractivity contribution in [1.82, 2.24) is 0 Å². The van der Waals surface area contributed by atoms with Crippen molar-refractivity contribution in [2.24, 2.45) is 0 Å². The Hall–Kier alpha value is -2.89. The number of ketones is 1. The van der Waals surface area contributed by atoms with Gasteiger partial charge in [0, 0.05) is 11.6 Å². The Balaban J connectivity index is 1.80. The van der Waals surface area contributed by atoms with Crippen LogP contribution in [0.2, 0.25) is 0 Å².